The van der Waals surface area contributed by atoms with Crippen LogP contribution in [0.4, 0.5) is 0 Å². The molecule has 0 radical (unpaired) electrons. The zero-order chi connectivity index (χ0) is 22.7. The first-order valence-electron chi connectivity index (χ1n) is 10.8. The fourth-order valence-electron chi connectivity index (χ4n) is 4.44. The van der Waals surface area contributed by atoms with E-state index in [4.69, 9.17) is 4.52 Å². The van der Waals surface area contributed by atoms with Gasteiger partial charge in [0.15, 0.2) is 0 Å². The van der Waals surface area contributed by atoms with Crippen molar-refractivity contribution in [1.29, 1.82) is 0 Å². The number of likely N-dealkylation sites (tertiary alicyclic amines) is 1. The molecule has 4 rings (SSSR count). The number of pyridine rings is 1. The molecule has 1 aliphatic rings. The van der Waals surface area contributed by atoms with E-state index in [1.165, 1.54) is 5.56 Å². The van der Waals surface area contributed by atoms with Crippen molar-refractivity contribution in [3.05, 3.63) is 71.7 Å². The Labute approximate surface area is 188 Å². The van der Waals surface area contributed by atoms with Gasteiger partial charge in [0.2, 0.25) is 5.91 Å². The summed E-state index contributed by atoms with van der Waals surface area (Å²) in [5, 5.41) is 4.23. The summed E-state index contributed by atoms with van der Waals surface area (Å²) in [6.07, 6.45) is 5.02. The summed E-state index contributed by atoms with van der Waals surface area (Å²) in [7, 11) is 3.51. The summed E-state index contributed by atoms with van der Waals surface area (Å²) in [5.74, 6) is 0.535. The van der Waals surface area contributed by atoms with Crippen molar-refractivity contribution in [1.82, 2.24) is 19.9 Å². The predicted octanol–water partition coefficient (Wildman–Crippen LogP) is 3.60. The van der Waals surface area contributed by atoms with E-state index in [1.54, 1.807) is 48.4 Å². The zero-order valence-electron chi connectivity index (χ0n) is 18.7. The Morgan fingerprint density at radius 3 is 2.66 bits per heavy atom. The van der Waals surface area contributed by atoms with Crippen LogP contribution in [-0.2, 0) is 11.2 Å². The van der Waals surface area contributed by atoms with Gasteiger partial charge in [0, 0.05) is 57.6 Å². The first-order chi connectivity index (χ1) is 15.4. The van der Waals surface area contributed by atoms with Crippen molar-refractivity contribution in [2.24, 2.45) is 5.41 Å². The van der Waals surface area contributed by atoms with Crippen LogP contribution >= 0.6 is 0 Å². The molecule has 166 valence electrons. The number of aryl methyl sites for hydroxylation is 1. The predicted molar refractivity (Wildman–Crippen MR) is 121 cm³/mol. The molecule has 0 spiro atoms. The van der Waals surface area contributed by atoms with Gasteiger partial charge >= 0.3 is 0 Å². The molecule has 3 heterocycles. The first-order valence-corrected chi connectivity index (χ1v) is 10.8. The largest absolute Gasteiger partial charge is 0.361 e. The monoisotopic (exact) mass is 432 g/mol. The molecule has 1 atom stereocenters. The fraction of sp³-hybridized carbons (Fsp3) is 0.360. The summed E-state index contributed by atoms with van der Waals surface area (Å²) < 4.78 is 5.65. The van der Waals surface area contributed by atoms with Crippen LogP contribution in [0.25, 0.3) is 11.3 Å². The van der Waals surface area contributed by atoms with Crippen molar-refractivity contribution in [3.8, 4) is 11.3 Å². The Morgan fingerprint density at radius 1 is 1.19 bits per heavy atom. The number of hydrogen-bond donors (Lipinski definition) is 0. The van der Waals surface area contributed by atoms with Gasteiger partial charge in [-0.3, -0.25) is 14.6 Å². The van der Waals surface area contributed by atoms with E-state index < -0.39 is 5.41 Å². The van der Waals surface area contributed by atoms with E-state index in [9.17, 15) is 9.59 Å². The summed E-state index contributed by atoms with van der Waals surface area (Å²) in [6.45, 7) is 2.98. The summed E-state index contributed by atoms with van der Waals surface area (Å²) >= 11 is 0. The summed E-state index contributed by atoms with van der Waals surface area (Å²) in [6, 6.07) is 13.5. The van der Waals surface area contributed by atoms with Crippen LogP contribution in [0.2, 0.25) is 0 Å². The maximum atomic E-state index is 13.4. The van der Waals surface area contributed by atoms with E-state index in [0.717, 1.165) is 17.7 Å². The standard InChI is InChI=1S/C25H28N4O3/c1-18-7-9-19(10-8-18)22-14-21(32-27-22)15-25(24(31)28(2)3)11-5-13-29(17-25)23(30)20-6-4-12-26-16-20/h4,6-10,12,14,16H,5,11,13,15,17H2,1-3H3/t25-/m0/s1. The SMILES string of the molecule is Cc1ccc(-c2cc(C[C@@]3(C(=O)N(C)C)CCCN(C(=O)c4cccnc4)C3)on2)cc1. The maximum Gasteiger partial charge on any atom is 0.255 e. The highest BCUT2D eigenvalue weighted by Crippen LogP contribution is 2.37. The van der Waals surface area contributed by atoms with Gasteiger partial charge in [-0.2, -0.15) is 0 Å². The molecule has 2 amide bonds. The lowest BCUT2D eigenvalue weighted by Gasteiger charge is -2.42. The van der Waals surface area contributed by atoms with Gasteiger partial charge in [0.25, 0.3) is 5.91 Å². The maximum absolute atomic E-state index is 13.4. The van der Waals surface area contributed by atoms with Crippen LogP contribution in [-0.4, -0.2) is 58.9 Å². The van der Waals surface area contributed by atoms with Gasteiger partial charge in [-0.1, -0.05) is 35.0 Å². The van der Waals surface area contributed by atoms with Gasteiger partial charge in [-0.05, 0) is 31.9 Å². The Kier molecular flexibility index (Phi) is 6.08. The highest BCUT2D eigenvalue weighted by atomic mass is 16.5. The molecule has 3 aromatic rings. The molecule has 7 nitrogen and oxygen atoms in total. The number of rotatable bonds is 5. The Hall–Kier alpha value is -3.48. The first kappa shape index (κ1) is 21.7. The van der Waals surface area contributed by atoms with E-state index in [2.05, 4.69) is 10.1 Å². The smallest absolute Gasteiger partial charge is 0.255 e. The Bertz CT molecular complexity index is 1090. The number of aromatic nitrogens is 2. The minimum Gasteiger partial charge on any atom is -0.361 e. The van der Waals surface area contributed by atoms with E-state index in [1.807, 2.05) is 37.3 Å². The van der Waals surface area contributed by atoms with Gasteiger partial charge in [0.1, 0.15) is 11.5 Å². The van der Waals surface area contributed by atoms with Gasteiger partial charge in [0.05, 0.1) is 11.0 Å². The third-order valence-corrected chi connectivity index (χ3v) is 6.05. The molecule has 1 saturated heterocycles. The molecule has 0 saturated carbocycles. The van der Waals surface area contributed by atoms with Crippen LogP contribution < -0.4 is 0 Å². The van der Waals surface area contributed by atoms with Crippen LogP contribution in [0.15, 0.2) is 59.4 Å². The lowest BCUT2D eigenvalue weighted by Crippen LogP contribution is -2.54. The molecule has 0 N–H and O–H groups in total. The summed E-state index contributed by atoms with van der Waals surface area (Å²) in [4.78, 5) is 33.9. The highest BCUT2D eigenvalue weighted by molar-refractivity contribution is 5.94. The topological polar surface area (TPSA) is 79.5 Å². The molecule has 0 bridgehead atoms. The minimum absolute atomic E-state index is 0.00512. The average molecular weight is 433 g/mol. The van der Waals surface area contributed by atoms with Crippen LogP contribution in [0, 0.1) is 12.3 Å². The molecule has 0 aliphatic carbocycles. The second-order valence-electron chi connectivity index (χ2n) is 8.77. The molecule has 2 aromatic heterocycles. The summed E-state index contributed by atoms with van der Waals surface area (Å²) in [5.41, 5.74) is 2.65. The van der Waals surface area contributed by atoms with Crippen molar-refractivity contribution in [2.45, 2.75) is 26.2 Å². The van der Waals surface area contributed by atoms with Crippen LogP contribution in [0.1, 0.15) is 34.5 Å². The molecule has 1 aromatic carbocycles. The number of benzene rings is 1. The number of hydrogen-bond acceptors (Lipinski definition) is 5. The van der Waals surface area contributed by atoms with Crippen LogP contribution in [0.5, 0.6) is 0 Å². The van der Waals surface area contributed by atoms with Gasteiger partial charge in [-0.25, -0.2) is 0 Å². The quantitative estimate of drug-likeness (QED) is 0.616. The van der Waals surface area contributed by atoms with Crippen molar-refractivity contribution < 1.29 is 14.1 Å². The number of nitrogens with zero attached hydrogens (tertiary/aromatic N) is 4. The molecule has 1 fully saturated rings. The molecular formula is C25H28N4O3. The minimum atomic E-state index is -0.760. The van der Waals surface area contributed by atoms with Gasteiger partial charge < -0.3 is 14.3 Å². The number of carbonyl (C=O) groups is 2. The lowest BCUT2D eigenvalue weighted by atomic mass is 9.75. The average Bonchev–Trinajstić information content (AvgIpc) is 3.27. The molecule has 32 heavy (non-hydrogen) atoms. The zero-order valence-corrected chi connectivity index (χ0v) is 18.7. The van der Waals surface area contributed by atoms with Crippen molar-refractivity contribution in [3.63, 3.8) is 0 Å². The molecule has 1 aliphatic heterocycles. The number of carbonyl (C=O) groups excluding carboxylic acids is 2. The second kappa shape index (κ2) is 8.94. The lowest BCUT2D eigenvalue weighted by molar-refractivity contribution is -0.142. The number of piperidine rings is 1. The van der Waals surface area contributed by atoms with E-state index in [-0.39, 0.29) is 11.8 Å². The molecule has 0 unspecified atom stereocenters. The van der Waals surface area contributed by atoms with E-state index >= 15 is 0 Å². The number of amides is 2. The molecule has 7 heteroatoms. The Balaban J connectivity index is 1.60. The van der Waals surface area contributed by atoms with Gasteiger partial charge in [-0.15, -0.1) is 0 Å². The Morgan fingerprint density at radius 2 is 1.97 bits per heavy atom. The second-order valence-corrected chi connectivity index (χ2v) is 8.77. The highest BCUT2D eigenvalue weighted by Gasteiger charge is 2.45. The normalized spacial score (nSPS) is 18.4. The third-order valence-electron chi connectivity index (χ3n) is 6.05. The molecular weight excluding hydrogens is 404 g/mol. The van der Waals surface area contributed by atoms with Crippen LogP contribution in [0.3, 0.4) is 0 Å². The fourth-order valence-corrected chi connectivity index (χ4v) is 4.44. The van der Waals surface area contributed by atoms with Crippen molar-refractivity contribution in [2.75, 3.05) is 27.2 Å². The van der Waals surface area contributed by atoms with Crippen molar-refractivity contribution >= 4 is 11.8 Å². The van der Waals surface area contributed by atoms with E-state index in [0.29, 0.717) is 37.3 Å². The third kappa shape index (κ3) is 4.42.